The summed E-state index contributed by atoms with van der Waals surface area (Å²) in [7, 11) is 0. The van der Waals surface area contributed by atoms with Crippen molar-refractivity contribution in [2.45, 2.75) is 83.9 Å². The lowest BCUT2D eigenvalue weighted by atomic mass is 10.1. The summed E-state index contributed by atoms with van der Waals surface area (Å²) in [6.07, 6.45) is 8.50. The number of aliphatic carboxylic acids is 1. The molecule has 0 bridgehead atoms. The summed E-state index contributed by atoms with van der Waals surface area (Å²) < 4.78 is 15.7. The number of hydrogen-bond acceptors (Lipinski definition) is 1. The Morgan fingerprint density at radius 1 is 0.938 bits per heavy atom. The van der Waals surface area contributed by atoms with Gasteiger partial charge < -0.3 is 5.11 Å². The topological polar surface area (TPSA) is 37.3 Å². The molecule has 2 nitrogen and oxygen atoms in total. The van der Waals surface area contributed by atoms with Crippen LogP contribution in [0.1, 0.15) is 86.7 Å². The van der Waals surface area contributed by atoms with E-state index in [2.05, 4.69) is 6.92 Å². The number of hydrogen-bond donors (Lipinski definition) is 1. The van der Waals surface area contributed by atoms with E-state index in [1.807, 2.05) is 0 Å². The Morgan fingerprint density at radius 2 is 1.44 bits per heavy atom. The molecule has 0 aromatic rings. The normalized spacial score (nSPS) is 13.3. The number of unbranched alkanes of at least 4 members (excludes halogenated alkanes) is 6. The lowest BCUT2D eigenvalue weighted by Gasteiger charge is -2.01. The molecule has 0 heterocycles. The van der Waals surface area contributed by atoms with E-state index in [0.29, 0.717) is 25.7 Å². The molecule has 96 valence electrons. The molecule has 0 aliphatic carbocycles. The van der Waals surface area contributed by atoms with E-state index in [0.717, 1.165) is 12.8 Å². The third-order valence-corrected chi connectivity index (χ3v) is 2.70. The van der Waals surface area contributed by atoms with Crippen LogP contribution in [0.2, 0.25) is 0 Å². The zero-order valence-corrected chi connectivity index (χ0v) is 10.6. The molecule has 0 aromatic carbocycles. The molecular weight excluding hydrogens is 200 g/mol. The molecule has 2 heteroatoms. The largest absolute Gasteiger partial charge is 0.481 e. The zero-order chi connectivity index (χ0) is 13.9. The average molecular weight is 230 g/mol. The highest BCUT2D eigenvalue weighted by Gasteiger charge is 1.96. The maximum atomic E-state index is 10.3. The van der Waals surface area contributed by atoms with Crippen LogP contribution >= 0.6 is 0 Å². The fourth-order valence-electron chi connectivity index (χ4n) is 1.68. The highest BCUT2D eigenvalue weighted by molar-refractivity contribution is 5.66. The van der Waals surface area contributed by atoms with Crippen LogP contribution in [0.3, 0.4) is 0 Å². The Bertz CT molecular complexity index is 218. The number of carbonyl (C=O) groups is 1. The van der Waals surface area contributed by atoms with Gasteiger partial charge in [0.2, 0.25) is 0 Å². The number of rotatable bonds is 12. The first-order valence-corrected chi connectivity index (χ1v) is 6.70. The van der Waals surface area contributed by atoms with E-state index >= 15 is 0 Å². The minimum absolute atomic E-state index is 0.160. The van der Waals surface area contributed by atoms with Crippen LogP contribution in [0.15, 0.2) is 0 Å². The predicted molar refractivity (Wildman–Crippen MR) is 68.7 cm³/mol. The summed E-state index contributed by atoms with van der Waals surface area (Å²) in [4.78, 5) is 10.3. The van der Waals surface area contributed by atoms with Gasteiger partial charge in [0.05, 0.1) is 0 Å². The van der Waals surface area contributed by atoms with Crippen LogP contribution in [-0.4, -0.2) is 11.1 Å². The first-order chi connectivity index (χ1) is 8.48. The van der Waals surface area contributed by atoms with Crippen molar-refractivity contribution in [2.24, 2.45) is 0 Å². The summed E-state index contributed by atoms with van der Waals surface area (Å²) >= 11 is 0. The standard InChI is InChI=1S/C14H28O2/c1-2-3-4-5-6-7-8-9-10-11-12-13-14(15)16/h2-13H2,1H3,(H,15,16)/i9D2. The van der Waals surface area contributed by atoms with Gasteiger partial charge in [-0.1, -0.05) is 71.1 Å². The Balaban J connectivity index is 3.45. The average Bonchev–Trinajstić information content (AvgIpc) is 2.29. The molecule has 0 aliphatic rings. The van der Waals surface area contributed by atoms with E-state index in [4.69, 9.17) is 7.85 Å². The summed E-state index contributed by atoms with van der Waals surface area (Å²) in [6.45, 7) is 2.19. The predicted octanol–water partition coefficient (Wildman–Crippen LogP) is 4.77. The van der Waals surface area contributed by atoms with Gasteiger partial charge in [0.15, 0.2) is 0 Å². The molecule has 0 rings (SSSR count). The molecular formula is C14H28O2. The minimum Gasteiger partial charge on any atom is -0.481 e. The highest BCUT2D eigenvalue weighted by Crippen LogP contribution is 2.11. The molecule has 0 unspecified atom stereocenters. The van der Waals surface area contributed by atoms with E-state index < -0.39 is 12.3 Å². The second kappa shape index (κ2) is 12.5. The van der Waals surface area contributed by atoms with Gasteiger partial charge >= 0.3 is 5.97 Å². The summed E-state index contributed by atoms with van der Waals surface area (Å²) in [5.41, 5.74) is 0. The molecule has 0 saturated heterocycles. The van der Waals surface area contributed by atoms with Crippen molar-refractivity contribution in [3.63, 3.8) is 0 Å². The van der Waals surface area contributed by atoms with Crippen LogP contribution in [0, 0.1) is 0 Å². The molecule has 16 heavy (non-hydrogen) atoms. The summed E-state index contributed by atoms with van der Waals surface area (Å²) in [5, 5.41) is 8.49. The van der Waals surface area contributed by atoms with Gasteiger partial charge in [-0.05, 0) is 6.42 Å². The quantitative estimate of drug-likeness (QED) is 0.490. The lowest BCUT2D eigenvalue weighted by molar-refractivity contribution is -0.137. The van der Waals surface area contributed by atoms with Gasteiger partial charge in [0.1, 0.15) is 0 Å². The maximum Gasteiger partial charge on any atom is 0.303 e. The smallest absolute Gasteiger partial charge is 0.303 e. The monoisotopic (exact) mass is 230 g/mol. The van der Waals surface area contributed by atoms with Crippen LogP contribution in [-0.2, 0) is 4.79 Å². The molecule has 0 fully saturated rings. The van der Waals surface area contributed by atoms with Crippen LogP contribution in [0.4, 0.5) is 0 Å². The zero-order valence-electron chi connectivity index (χ0n) is 12.6. The molecule has 0 saturated carbocycles. The number of carboxylic acid groups (broad SMARTS) is 1. The van der Waals surface area contributed by atoms with E-state index in [-0.39, 0.29) is 6.42 Å². The Hall–Kier alpha value is -0.530. The van der Waals surface area contributed by atoms with Gasteiger partial charge in [0, 0.05) is 9.16 Å². The van der Waals surface area contributed by atoms with Gasteiger partial charge in [0.25, 0.3) is 0 Å². The van der Waals surface area contributed by atoms with Crippen molar-refractivity contribution in [2.75, 3.05) is 0 Å². The molecule has 0 aliphatic heterocycles. The Morgan fingerprint density at radius 3 is 2.00 bits per heavy atom. The summed E-state index contributed by atoms with van der Waals surface area (Å²) in [6, 6.07) is 0. The van der Waals surface area contributed by atoms with Gasteiger partial charge in [-0.15, -0.1) is 0 Å². The molecule has 0 aromatic heterocycles. The Labute approximate surface area is 103 Å². The SMILES string of the molecule is [2H]C([2H])(CCCCCCCC)CCCCC(=O)O. The summed E-state index contributed by atoms with van der Waals surface area (Å²) in [5.74, 6) is -0.786. The van der Waals surface area contributed by atoms with Crippen LogP contribution in [0.25, 0.3) is 0 Å². The van der Waals surface area contributed by atoms with Crippen molar-refractivity contribution in [1.82, 2.24) is 0 Å². The second-order valence-electron chi connectivity index (χ2n) is 4.37. The van der Waals surface area contributed by atoms with Gasteiger partial charge in [-0.2, -0.15) is 0 Å². The lowest BCUT2D eigenvalue weighted by Crippen LogP contribution is -1.93. The molecule has 1 N–H and O–H groups in total. The van der Waals surface area contributed by atoms with E-state index in [9.17, 15) is 4.79 Å². The van der Waals surface area contributed by atoms with Gasteiger partial charge in [-0.25, -0.2) is 0 Å². The Kier molecular flexibility index (Phi) is 9.36. The number of carboxylic acids is 1. The van der Waals surface area contributed by atoms with E-state index in [1.165, 1.54) is 25.7 Å². The van der Waals surface area contributed by atoms with Gasteiger partial charge in [-0.3, -0.25) is 4.79 Å². The van der Waals surface area contributed by atoms with Crippen molar-refractivity contribution < 1.29 is 12.6 Å². The first kappa shape index (κ1) is 11.9. The van der Waals surface area contributed by atoms with Crippen molar-refractivity contribution >= 4 is 5.97 Å². The van der Waals surface area contributed by atoms with Crippen LogP contribution in [0.5, 0.6) is 0 Å². The molecule has 0 radical (unpaired) electrons. The highest BCUT2D eigenvalue weighted by atomic mass is 16.4. The van der Waals surface area contributed by atoms with Crippen LogP contribution < -0.4 is 0 Å². The van der Waals surface area contributed by atoms with E-state index in [1.54, 1.807) is 0 Å². The van der Waals surface area contributed by atoms with Crippen molar-refractivity contribution in [1.29, 1.82) is 0 Å². The third kappa shape index (κ3) is 13.5. The van der Waals surface area contributed by atoms with Crippen molar-refractivity contribution in [3.8, 4) is 0 Å². The molecule has 0 atom stereocenters. The first-order valence-electron chi connectivity index (χ1n) is 7.70. The minimum atomic E-state index is -1.11. The molecule has 0 amide bonds. The fraction of sp³-hybridized carbons (Fsp3) is 0.929. The fourth-order valence-corrected chi connectivity index (χ4v) is 1.68. The maximum absolute atomic E-state index is 10.3. The second-order valence-corrected chi connectivity index (χ2v) is 4.37. The van der Waals surface area contributed by atoms with Crippen molar-refractivity contribution in [3.05, 3.63) is 0 Å². The molecule has 0 spiro atoms. The third-order valence-electron chi connectivity index (χ3n) is 2.70.